The molecular formula is C11H28N3O3P. The van der Waals surface area contributed by atoms with Crippen molar-refractivity contribution in [2.45, 2.75) is 12.8 Å². The summed E-state index contributed by atoms with van der Waals surface area (Å²) in [5.41, 5.74) is 5.46. The maximum Gasteiger partial charge on any atom is 0.344 e. The predicted octanol–water partition coefficient (Wildman–Crippen LogP) is 1.03. The summed E-state index contributed by atoms with van der Waals surface area (Å²) >= 11 is 0. The first-order chi connectivity index (χ1) is 8.39. The minimum atomic E-state index is -3.08. The number of rotatable bonds is 11. The second-order valence-electron chi connectivity index (χ2n) is 4.77. The van der Waals surface area contributed by atoms with E-state index in [-0.39, 0.29) is 6.29 Å². The highest BCUT2D eigenvalue weighted by atomic mass is 31.2. The molecule has 110 valence electrons. The summed E-state index contributed by atoms with van der Waals surface area (Å²) in [5.74, 6) is 0. The van der Waals surface area contributed by atoms with E-state index in [0.717, 1.165) is 25.9 Å². The Morgan fingerprint density at radius 2 is 1.33 bits per heavy atom. The van der Waals surface area contributed by atoms with Crippen LogP contribution >= 0.6 is 7.60 Å². The van der Waals surface area contributed by atoms with Crippen molar-refractivity contribution in [2.24, 2.45) is 5.73 Å². The minimum Gasteiger partial charge on any atom is -0.320 e. The van der Waals surface area contributed by atoms with Gasteiger partial charge in [0.1, 0.15) is 0 Å². The molecule has 0 aromatic rings. The summed E-state index contributed by atoms with van der Waals surface area (Å²) in [5, 5.41) is 0. The van der Waals surface area contributed by atoms with Gasteiger partial charge in [0.05, 0.1) is 19.5 Å². The molecule has 0 amide bonds. The summed E-state index contributed by atoms with van der Waals surface area (Å²) in [6.45, 7) is 2.62. The summed E-state index contributed by atoms with van der Waals surface area (Å²) in [6.07, 6.45) is 1.58. The number of hydrogen-bond donors (Lipinski definition) is 1. The third kappa shape index (κ3) is 10.00. The van der Waals surface area contributed by atoms with Crippen molar-refractivity contribution in [2.75, 3.05) is 60.8 Å². The lowest BCUT2D eigenvalue weighted by molar-refractivity contribution is 0.190. The topological polar surface area (TPSA) is 68.0 Å². The Bertz CT molecular complexity index is 230. The van der Waals surface area contributed by atoms with Gasteiger partial charge in [0, 0.05) is 0 Å². The predicted molar refractivity (Wildman–Crippen MR) is 74.9 cm³/mol. The van der Waals surface area contributed by atoms with Crippen molar-refractivity contribution >= 4 is 7.60 Å². The van der Waals surface area contributed by atoms with Gasteiger partial charge >= 0.3 is 7.60 Å². The Kier molecular flexibility index (Phi) is 9.91. The van der Waals surface area contributed by atoms with Crippen LogP contribution in [0.1, 0.15) is 12.8 Å². The highest BCUT2D eigenvalue weighted by Gasteiger charge is 2.21. The molecule has 0 heterocycles. The minimum absolute atomic E-state index is 0.0586. The second kappa shape index (κ2) is 9.89. The van der Waals surface area contributed by atoms with E-state index in [1.165, 1.54) is 0 Å². The first-order valence-electron chi connectivity index (χ1n) is 6.27. The Balaban J connectivity index is 3.77. The molecule has 0 saturated heterocycles. The lowest BCUT2D eigenvalue weighted by Crippen LogP contribution is -2.17. The molecular weight excluding hydrogens is 253 g/mol. The van der Waals surface area contributed by atoms with Gasteiger partial charge in [-0.2, -0.15) is 0 Å². The maximum atomic E-state index is 12.1. The third-order valence-corrected chi connectivity index (χ3v) is 3.90. The number of hydrogen-bond acceptors (Lipinski definition) is 6. The van der Waals surface area contributed by atoms with Crippen molar-refractivity contribution in [1.82, 2.24) is 9.80 Å². The van der Waals surface area contributed by atoms with Gasteiger partial charge in [0.25, 0.3) is 0 Å². The smallest absolute Gasteiger partial charge is 0.320 e. The molecule has 0 unspecified atom stereocenters. The highest BCUT2D eigenvalue weighted by molar-refractivity contribution is 7.53. The fourth-order valence-corrected chi connectivity index (χ4v) is 2.41. The van der Waals surface area contributed by atoms with Gasteiger partial charge in [0.2, 0.25) is 0 Å². The van der Waals surface area contributed by atoms with E-state index < -0.39 is 7.60 Å². The van der Waals surface area contributed by atoms with Crippen LogP contribution in [0.2, 0.25) is 0 Å². The van der Waals surface area contributed by atoms with Crippen LogP contribution in [-0.4, -0.2) is 70.6 Å². The molecule has 0 aliphatic carbocycles. The van der Waals surface area contributed by atoms with Gasteiger partial charge < -0.3 is 24.6 Å². The molecule has 0 fully saturated rings. The molecule has 6 nitrogen and oxygen atoms in total. The average molecular weight is 281 g/mol. The molecule has 0 aromatic carbocycles. The van der Waals surface area contributed by atoms with Crippen molar-refractivity contribution in [3.05, 3.63) is 0 Å². The van der Waals surface area contributed by atoms with Crippen LogP contribution in [-0.2, 0) is 13.6 Å². The van der Waals surface area contributed by atoms with Crippen LogP contribution in [0.15, 0.2) is 0 Å². The van der Waals surface area contributed by atoms with Crippen LogP contribution in [0.3, 0.4) is 0 Å². The molecule has 18 heavy (non-hydrogen) atoms. The van der Waals surface area contributed by atoms with Crippen LogP contribution in [0.25, 0.3) is 0 Å². The summed E-state index contributed by atoms with van der Waals surface area (Å²) in [6, 6.07) is 0. The summed E-state index contributed by atoms with van der Waals surface area (Å²) in [4.78, 5) is 4.10. The molecule has 0 aromatic heterocycles. The van der Waals surface area contributed by atoms with E-state index in [1.807, 2.05) is 28.2 Å². The Labute approximate surface area is 111 Å². The Hall–Kier alpha value is 0.0300. The molecule has 2 N–H and O–H groups in total. The normalized spacial score (nSPS) is 12.6. The van der Waals surface area contributed by atoms with E-state index in [9.17, 15) is 4.57 Å². The molecule has 0 aliphatic heterocycles. The van der Waals surface area contributed by atoms with Crippen molar-refractivity contribution in [3.63, 3.8) is 0 Å². The lowest BCUT2D eigenvalue weighted by Gasteiger charge is -2.18. The van der Waals surface area contributed by atoms with Crippen LogP contribution in [0.5, 0.6) is 0 Å². The van der Waals surface area contributed by atoms with E-state index in [1.54, 1.807) is 0 Å². The first-order valence-corrected chi connectivity index (χ1v) is 8.00. The maximum absolute atomic E-state index is 12.1. The van der Waals surface area contributed by atoms with Gasteiger partial charge in [-0.3, -0.25) is 4.57 Å². The zero-order valence-electron chi connectivity index (χ0n) is 12.1. The molecule has 0 aliphatic rings. The second-order valence-corrected chi connectivity index (χ2v) is 6.88. The van der Waals surface area contributed by atoms with Gasteiger partial charge in [-0.15, -0.1) is 0 Å². The van der Waals surface area contributed by atoms with Gasteiger partial charge in [-0.05, 0) is 54.1 Å². The fourth-order valence-electron chi connectivity index (χ4n) is 1.31. The highest BCUT2D eigenvalue weighted by Crippen LogP contribution is 2.46. The average Bonchev–Trinajstić information content (AvgIpc) is 2.30. The summed E-state index contributed by atoms with van der Waals surface area (Å²) < 4.78 is 22.7. The monoisotopic (exact) mass is 281 g/mol. The standard InChI is InChI=1S/C11H28N3O3P/c1-13(2)7-5-9-16-18(15,11-12)17-10-6-8-14(3)4/h5-12H2,1-4H3. The van der Waals surface area contributed by atoms with Crippen LogP contribution < -0.4 is 5.73 Å². The molecule has 7 heteroatoms. The number of nitrogens with two attached hydrogens (primary N) is 1. The molecule has 0 spiro atoms. The zero-order valence-corrected chi connectivity index (χ0v) is 13.0. The van der Waals surface area contributed by atoms with Crippen molar-refractivity contribution in [3.8, 4) is 0 Å². The molecule has 0 rings (SSSR count). The van der Waals surface area contributed by atoms with Gasteiger partial charge in [-0.25, -0.2) is 0 Å². The number of nitrogens with zero attached hydrogens (tertiary/aromatic N) is 2. The first kappa shape index (κ1) is 18.0. The fraction of sp³-hybridized carbons (Fsp3) is 1.00. The van der Waals surface area contributed by atoms with E-state index >= 15 is 0 Å². The Morgan fingerprint density at radius 3 is 1.61 bits per heavy atom. The van der Waals surface area contributed by atoms with Gasteiger partial charge in [0.15, 0.2) is 0 Å². The van der Waals surface area contributed by atoms with E-state index in [2.05, 4.69) is 9.80 Å². The van der Waals surface area contributed by atoms with Crippen molar-refractivity contribution in [1.29, 1.82) is 0 Å². The molecule has 0 atom stereocenters. The molecule has 0 bridgehead atoms. The summed E-state index contributed by atoms with van der Waals surface area (Å²) in [7, 11) is 4.87. The van der Waals surface area contributed by atoms with Crippen LogP contribution in [0.4, 0.5) is 0 Å². The molecule has 0 radical (unpaired) electrons. The quantitative estimate of drug-likeness (QED) is 0.451. The van der Waals surface area contributed by atoms with E-state index in [0.29, 0.717) is 13.2 Å². The van der Waals surface area contributed by atoms with Gasteiger partial charge in [-0.1, -0.05) is 0 Å². The third-order valence-electron chi connectivity index (χ3n) is 2.30. The van der Waals surface area contributed by atoms with Crippen LogP contribution in [0, 0.1) is 0 Å². The zero-order chi connectivity index (χ0) is 14.0. The van der Waals surface area contributed by atoms with E-state index in [4.69, 9.17) is 14.8 Å². The Morgan fingerprint density at radius 1 is 0.944 bits per heavy atom. The largest absolute Gasteiger partial charge is 0.344 e. The molecule has 0 saturated carbocycles. The SMILES string of the molecule is CN(C)CCCOP(=O)(CN)OCCCN(C)C. The lowest BCUT2D eigenvalue weighted by atomic mass is 10.4. The van der Waals surface area contributed by atoms with Crippen molar-refractivity contribution < 1.29 is 13.6 Å².